The van der Waals surface area contributed by atoms with Crippen LogP contribution in [-0.4, -0.2) is 52.0 Å². The minimum absolute atomic E-state index is 0.189. The maximum absolute atomic E-state index is 12.2. The first-order valence-electron chi connectivity index (χ1n) is 12.1. The molecule has 0 aliphatic rings. The molecule has 9 heteroatoms. The first-order chi connectivity index (χ1) is 15.4. The Balaban J connectivity index is 4.39. The van der Waals surface area contributed by atoms with Crippen LogP contribution in [0.5, 0.6) is 0 Å². The van der Waals surface area contributed by atoms with E-state index in [1.807, 2.05) is 0 Å². The molecule has 0 spiro atoms. The molecule has 0 aliphatic carbocycles. The molecule has 3 N–H and O–H groups in total. The van der Waals surface area contributed by atoms with Gasteiger partial charge in [-0.3, -0.25) is 9.59 Å². The average Bonchev–Trinajstić information content (AvgIpc) is 2.67. The van der Waals surface area contributed by atoms with Crippen molar-refractivity contribution in [3.05, 3.63) is 0 Å². The lowest BCUT2D eigenvalue weighted by Crippen LogP contribution is -2.43. The van der Waals surface area contributed by atoms with Gasteiger partial charge in [0.1, 0.15) is 17.7 Å². The largest absolute Gasteiger partial charge is 0.481 e. The van der Waals surface area contributed by atoms with Gasteiger partial charge in [-0.25, -0.2) is 9.59 Å². The Bertz CT molecular complexity index is 600. The number of carboxylic acid groups (broad SMARTS) is 2. The third-order valence-electron chi connectivity index (χ3n) is 4.96. The number of carboxylic acids is 2. The molecule has 0 heterocycles. The second-order valence-electron chi connectivity index (χ2n) is 9.40. The van der Waals surface area contributed by atoms with Crippen LogP contribution < -0.4 is 5.32 Å². The minimum Gasteiger partial charge on any atom is -0.481 e. The van der Waals surface area contributed by atoms with Crippen LogP contribution in [0.2, 0.25) is 0 Å². The number of carbonyl (C=O) groups excluding carboxylic acids is 2. The number of carbonyl (C=O) groups is 4. The summed E-state index contributed by atoms with van der Waals surface area (Å²) in [5.74, 6) is -3.04. The summed E-state index contributed by atoms with van der Waals surface area (Å²) in [4.78, 5) is 46.5. The number of esters is 1. The normalized spacial score (nSPS) is 13.1. The Hall–Kier alpha value is -2.32. The van der Waals surface area contributed by atoms with Crippen molar-refractivity contribution in [1.29, 1.82) is 0 Å². The van der Waals surface area contributed by atoms with Crippen molar-refractivity contribution in [2.75, 3.05) is 0 Å². The molecular formula is C24H43NO8. The maximum atomic E-state index is 12.2. The molecule has 33 heavy (non-hydrogen) atoms. The fourth-order valence-corrected chi connectivity index (χ4v) is 3.29. The van der Waals surface area contributed by atoms with Crippen LogP contribution >= 0.6 is 0 Å². The van der Waals surface area contributed by atoms with Crippen LogP contribution in [0.1, 0.15) is 111 Å². The van der Waals surface area contributed by atoms with E-state index in [4.69, 9.17) is 14.6 Å². The van der Waals surface area contributed by atoms with Gasteiger partial charge in [0.25, 0.3) is 0 Å². The van der Waals surface area contributed by atoms with Gasteiger partial charge >= 0.3 is 24.0 Å². The maximum Gasteiger partial charge on any atom is 0.408 e. The fourth-order valence-electron chi connectivity index (χ4n) is 3.29. The van der Waals surface area contributed by atoms with E-state index in [2.05, 4.69) is 12.2 Å². The Morgan fingerprint density at radius 2 is 1.39 bits per heavy atom. The standard InChI is InChI=1S/C24H43NO8/c1-5-6-7-8-9-10-11-12-13-14-18(17-20(26)27)32-21(28)16-15-19(22(29)30)25-23(31)33-24(2,3)4/h18-19H,5-17H2,1-4H3,(H,25,31)(H,26,27)(H,29,30)/t18?,19-/m0/s1. The second kappa shape index (κ2) is 17.2. The van der Waals surface area contributed by atoms with Gasteiger partial charge in [-0.1, -0.05) is 58.3 Å². The highest BCUT2D eigenvalue weighted by Crippen LogP contribution is 2.15. The number of alkyl carbamates (subject to hydrolysis) is 1. The zero-order chi connectivity index (χ0) is 25.3. The fraction of sp³-hybridized carbons (Fsp3) is 0.833. The van der Waals surface area contributed by atoms with Gasteiger partial charge in [-0.2, -0.15) is 0 Å². The predicted molar refractivity (Wildman–Crippen MR) is 124 cm³/mol. The van der Waals surface area contributed by atoms with E-state index in [1.54, 1.807) is 20.8 Å². The Labute approximate surface area is 197 Å². The zero-order valence-electron chi connectivity index (χ0n) is 20.7. The number of amides is 1. The lowest BCUT2D eigenvalue weighted by atomic mass is 10.0. The minimum atomic E-state index is -1.32. The van der Waals surface area contributed by atoms with Crippen molar-refractivity contribution in [3.63, 3.8) is 0 Å². The van der Waals surface area contributed by atoms with Gasteiger partial charge in [-0.15, -0.1) is 0 Å². The molecule has 0 saturated carbocycles. The summed E-state index contributed by atoms with van der Waals surface area (Å²) in [5, 5.41) is 20.6. The number of unbranched alkanes of at least 4 members (excludes halogenated alkanes) is 8. The van der Waals surface area contributed by atoms with E-state index < -0.39 is 41.7 Å². The molecule has 0 aromatic rings. The zero-order valence-corrected chi connectivity index (χ0v) is 20.7. The van der Waals surface area contributed by atoms with Crippen molar-refractivity contribution >= 4 is 24.0 Å². The van der Waals surface area contributed by atoms with Crippen molar-refractivity contribution in [1.82, 2.24) is 5.32 Å². The van der Waals surface area contributed by atoms with E-state index in [1.165, 1.54) is 32.1 Å². The molecule has 0 aromatic heterocycles. The average molecular weight is 474 g/mol. The van der Waals surface area contributed by atoms with Crippen LogP contribution in [-0.2, 0) is 23.9 Å². The summed E-state index contributed by atoms with van der Waals surface area (Å²) in [5.41, 5.74) is -0.787. The molecule has 0 fully saturated rings. The van der Waals surface area contributed by atoms with E-state index in [9.17, 15) is 24.3 Å². The molecule has 0 radical (unpaired) electrons. The third kappa shape index (κ3) is 18.9. The number of rotatable bonds is 18. The highest BCUT2D eigenvalue weighted by molar-refractivity contribution is 5.81. The van der Waals surface area contributed by atoms with Crippen molar-refractivity contribution in [3.8, 4) is 0 Å². The molecule has 2 atom stereocenters. The SMILES string of the molecule is CCCCCCCCCCCC(CC(=O)O)OC(=O)CC[C@H](NC(=O)OC(C)(C)C)C(=O)O. The van der Waals surface area contributed by atoms with E-state index in [-0.39, 0.29) is 19.3 Å². The van der Waals surface area contributed by atoms with Crippen LogP contribution in [0.3, 0.4) is 0 Å². The summed E-state index contributed by atoms with van der Waals surface area (Å²) in [6.07, 6.45) is 8.20. The summed E-state index contributed by atoms with van der Waals surface area (Å²) < 4.78 is 10.3. The molecule has 0 rings (SSSR count). The van der Waals surface area contributed by atoms with Gasteiger partial charge < -0.3 is 25.0 Å². The Morgan fingerprint density at radius 1 is 0.848 bits per heavy atom. The van der Waals surface area contributed by atoms with Crippen LogP contribution in [0, 0.1) is 0 Å². The van der Waals surface area contributed by atoms with Crippen LogP contribution in [0.4, 0.5) is 4.79 Å². The third-order valence-corrected chi connectivity index (χ3v) is 4.96. The number of aliphatic carboxylic acids is 2. The molecule has 9 nitrogen and oxygen atoms in total. The van der Waals surface area contributed by atoms with Gasteiger partial charge in [-0.05, 0) is 40.0 Å². The number of nitrogens with one attached hydrogen (secondary N) is 1. The van der Waals surface area contributed by atoms with Crippen molar-refractivity contribution < 1.29 is 38.9 Å². The van der Waals surface area contributed by atoms with Gasteiger partial charge in [0, 0.05) is 6.42 Å². The number of ether oxygens (including phenoxy) is 2. The molecular weight excluding hydrogens is 430 g/mol. The summed E-state index contributed by atoms with van der Waals surface area (Å²) in [7, 11) is 0. The first-order valence-corrected chi connectivity index (χ1v) is 12.1. The predicted octanol–water partition coefficient (Wildman–Crippen LogP) is 5.05. The molecule has 192 valence electrons. The molecule has 0 saturated heterocycles. The molecule has 1 amide bonds. The van der Waals surface area contributed by atoms with Gasteiger partial charge in [0.2, 0.25) is 0 Å². The summed E-state index contributed by atoms with van der Waals surface area (Å²) in [6, 6.07) is -1.32. The highest BCUT2D eigenvalue weighted by Gasteiger charge is 2.26. The van der Waals surface area contributed by atoms with Gasteiger partial charge in [0.05, 0.1) is 6.42 Å². The van der Waals surface area contributed by atoms with E-state index >= 15 is 0 Å². The van der Waals surface area contributed by atoms with Crippen molar-refractivity contribution in [2.24, 2.45) is 0 Å². The quantitative estimate of drug-likeness (QED) is 0.186. The molecule has 1 unspecified atom stereocenters. The second-order valence-corrected chi connectivity index (χ2v) is 9.40. The number of hydrogen-bond donors (Lipinski definition) is 3. The van der Waals surface area contributed by atoms with Crippen LogP contribution in [0.25, 0.3) is 0 Å². The lowest BCUT2D eigenvalue weighted by molar-refractivity contribution is -0.153. The summed E-state index contributed by atoms with van der Waals surface area (Å²) >= 11 is 0. The molecule has 0 bridgehead atoms. The topological polar surface area (TPSA) is 139 Å². The summed E-state index contributed by atoms with van der Waals surface area (Å²) in [6.45, 7) is 7.13. The van der Waals surface area contributed by atoms with Crippen LogP contribution in [0.15, 0.2) is 0 Å². The monoisotopic (exact) mass is 473 g/mol. The molecule has 0 aliphatic heterocycles. The van der Waals surface area contributed by atoms with Crippen molar-refractivity contribution in [2.45, 2.75) is 129 Å². The highest BCUT2D eigenvalue weighted by atomic mass is 16.6. The lowest BCUT2D eigenvalue weighted by Gasteiger charge is -2.22. The van der Waals surface area contributed by atoms with E-state index in [0.29, 0.717) is 6.42 Å². The Kier molecular flexibility index (Phi) is 16.0. The van der Waals surface area contributed by atoms with Gasteiger partial charge in [0.15, 0.2) is 0 Å². The smallest absolute Gasteiger partial charge is 0.408 e. The van der Waals surface area contributed by atoms with E-state index in [0.717, 1.165) is 25.7 Å². The molecule has 0 aromatic carbocycles. The first kappa shape index (κ1) is 30.7. The number of hydrogen-bond acceptors (Lipinski definition) is 6. The Morgan fingerprint density at radius 3 is 1.88 bits per heavy atom.